The summed E-state index contributed by atoms with van der Waals surface area (Å²) in [5.74, 6) is 1.87. The van der Waals surface area contributed by atoms with Gasteiger partial charge in [0.1, 0.15) is 5.75 Å². The minimum Gasteiger partial charge on any atom is -0.495 e. The molecule has 162 valence electrons. The molecule has 1 aromatic carbocycles. The fraction of sp³-hybridized carbons (Fsp3) is 0.682. The Kier molecular flexibility index (Phi) is 8.00. The van der Waals surface area contributed by atoms with Crippen LogP contribution in [0.2, 0.25) is 0 Å². The van der Waals surface area contributed by atoms with E-state index >= 15 is 0 Å². The predicted molar refractivity (Wildman–Crippen MR) is 121 cm³/mol. The van der Waals surface area contributed by atoms with Gasteiger partial charge in [-0.1, -0.05) is 12.1 Å². The average Bonchev–Trinajstić information content (AvgIpc) is 2.74. The van der Waals surface area contributed by atoms with E-state index < -0.39 is 0 Å². The molecule has 0 aromatic heterocycles. The van der Waals surface area contributed by atoms with Crippen LogP contribution in [0.25, 0.3) is 0 Å². The first-order valence-electron chi connectivity index (χ1n) is 10.9. The monoisotopic (exact) mass is 402 g/mol. The zero-order valence-corrected chi connectivity index (χ0v) is 18.5. The van der Waals surface area contributed by atoms with Gasteiger partial charge >= 0.3 is 0 Å². The lowest BCUT2D eigenvalue weighted by molar-refractivity contribution is 0.119. The first-order valence-corrected chi connectivity index (χ1v) is 10.9. The largest absolute Gasteiger partial charge is 0.495 e. The lowest BCUT2D eigenvalue weighted by atomic mass is 10.0. The predicted octanol–water partition coefficient (Wildman–Crippen LogP) is 1.46. The van der Waals surface area contributed by atoms with Crippen molar-refractivity contribution in [1.82, 2.24) is 20.4 Å². The van der Waals surface area contributed by atoms with E-state index in [9.17, 15) is 0 Å². The molecule has 0 amide bonds. The highest BCUT2D eigenvalue weighted by molar-refractivity contribution is 5.80. The average molecular weight is 403 g/mol. The molecular weight excluding hydrogens is 364 g/mol. The van der Waals surface area contributed by atoms with Gasteiger partial charge in [0.2, 0.25) is 0 Å². The third-order valence-corrected chi connectivity index (χ3v) is 5.97. The van der Waals surface area contributed by atoms with Crippen molar-refractivity contribution in [3.63, 3.8) is 0 Å². The van der Waals surface area contributed by atoms with Gasteiger partial charge in [0, 0.05) is 51.4 Å². The summed E-state index contributed by atoms with van der Waals surface area (Å²) >= 11 is 0. The standard InChI is InChI=1S/C22H38N6O/c1-5-23-22(24-15-19-17-26(2)13-14-27(19)3)25-18-9-8-12-28(16-18)20-10-6-7-11-21(20)29-4/h6-7,10-11,18-19H,5,8-9,12-17H2,1-4H3,(H2,23,24,25). The number of anilines is 1. The molecule has 2 fully saturated rings. The Labute approximate surface area is 176 Å². The van der Waals surface area contributed by atoms with Crippen LogP contribution in [0.4, 0.5) is 5.69 Å². The summed E-state index contributed by atoms with van der Waals surface area (Å²) in [5.41, 5.74) is 1.18. The topological polar surface area (TPSA) is 55.4 Å². The second-order valence-electron chi connectivity index (χ2n) is 8.22. The summed E-state index contributed by atoms with van der Waals surface area (Å²) in [7, 11) is 6.15. The number of ether oxygens (including phenoxy) is 1. The first kappa shape index (κ1) is 21.7. The number of nitrogens with zero attached hydrogens (tertiary/aromatic N) is 4. The highest BCUT2D eigenvalue weighted by atomic mass is 16.5. The van der Waals surface area contributed by atoms with E-state index in [4.69, 9.17) is 9.73 Å². The number of piperazine rings is 1. The highest BCUT2D eigenvalue weighted by Crippen LogP contribution is 2.29. The summed E-state index contributed by atoms with van der Waals surface area (Å²) in [6, 6.07) is 9.14. The lowest BCUT2D eigenvalue weighted by Gasteiger charge is -2.37. The van der Waals surface area contributed by atoms with E-state index in [1.165, 1.54) is 5.69 Å². The van der Waals surface area contributed by atoms with Crippen molar-refractivity contribution >= 4 is 11.6 Å². The second kappa shape index (κ2) is 10.7. The zero-order valence-electron chi connectivity index (χ0n) is 18.5. The van der Waals surface area contributed by atoms with E-state index in [1.54, 1.807) is 7.11 Å². The van der Waals surface area contributed by atoms with Crippen LogP contribution in [0, 0.1) is 0 Å². The molecule has 0 spiro atoms. The molecule has 7 nitrogen and oxygen atoms in total. The number of nitrogens with one attached hydrogen (secondary N) is 2. The van der Waals surface area contributed by atoms with E-state index in [0.29, 0.717) is 12.1 Å². The molecule has 0 saturated carbocycles. The molecule has 0 aliphatic carbocycles. The van der Waals surface area contributed by atoms with Gasteiger partial charge < -0.3 is 25.2 Å². The maximum atomic E-state index is 5.57. The van der Waals surface area contributed by atoms with Crippen molar-refractivity contribution < 1.29 is 4.74 Å². The fourth-order valence-electron chi connectivity index (χ4n) is 4.21. The van der Waals surface area contributed by atoms with Crippen LogP contribution >= 0.6 is 0 Å². The molecule has 2 N–H and O–H groups in total. The van der Waals surface area contributed by atoms with Crippen molar-refractivity contribution in [2.24, 2.45) is 4.99 Å². The van der Waals surface area contributed by atoms with Crippen LogP contribution in [0.15, 0.2) is 29.3 Å². The van der Waals surface area contributed by atoms with Gasteiger partial charge in [-0.15, -0.1) is 0 Å². The minimum atomic E-state index is 0.373. The normalized spacial score (nSPS) is 24.4. The molecule has 2 aliphatic heterocycles. The van der Waals surface area contributed by atoms with Crippen molar-refractivity contribution in [2.75, 3.05) is 71.9 Å². The van der Waals surface area contributed by atoms with Crippen molar-refractivity contribution in [2.45, 2.75) is 31.8 Å². The maximum Gasteiger partial charge on any atom is 0.191 e. The SMILES string of the molecule is CCNC(=NCC1CN(C)CCN1C)NC1CCCN(c2ccccc2OC)C1. The molecule has 2 saturated heterocycles. The first-order chi connectivity index (χ1) is 14.1. The van der Waals surface area contributed by atoms with Gasteiger partial charge in [0.15, 0.2) is 5.96 Å². The van der Waals surface area contributed by atoms with Gasteiger partial charge in [0.05, 0.1) is 19.3 Å². The number of methoxy groups -OCH3 is 1. The van der Waals surface area contributed by atoms with Crippen LogP contribution in [0.3, 0.4) is 0 Å². The Morgan fingerprint density at radius 2 is 2.00 bits per heavy atom. The molecule has 0 radical (unpaired) electrons. The van der Waals surface area contributed by atoms with Gasteiger partial charge in [-0.2, -0.15) is 0 Å². The van der Waals surface area contributed by atoms with E-state index in [2.05, 4.69) is 58.5 Å². The van der Waals surface area contributed by atoms with Gasteiger partial charge in [0.25, 0.3) is 0 Å². The van der Waals surface area contributed by atoms with E-state index in [0.717, 1.165) is 70.4 Å². The number of rotatable bonds is 6. The Morgan fingerprint density at radius 1 is 1.17 bits per heavy atom. The van der Waals surface area contributed by atoms with Crippen LogP contribution in [0.5, 0.6) is 5.75 Å². The number of guanidine groups is 1. The summed E-state index contributed by atoms with van der Waals surface area (Å²) < 4.78 is 5.57. The number of hydrogen-bond donors (Lipinski definition) is 2. The smallest absolute Gasteiger partial charge is 0.191 e. The molecule has 2 atom stereocenters. The van der Waals surface area contributed by atoms with Crippen LogP contribution in [-0.2, 0) is 0 Å². The molecule has 2 unspecified atom stereocenters. The number of likely N-dealkylation sites (N-methyl/N-ethyl adjacent to an activating group) is 2. The van der Waals surface area contributed by atoms with Gasteiger partial charge in [-0.25, -0.2) is 0 Å². The van der Waals surface area contributed by atoms with Crippen molar-refractivity contribution in [1.29, 1.82) is 0 Å². The molecule has 2 heterocycles. The minimum absolute atomic E-state index is 0.373. The summed E-state index contributed by atoms with van der Waals surface area (Å²) in [4.78, 5) is 12.2. The molecule has 7 heteroatoms. The Morgan fingerprint density at radius 3 is 2.79 bits per heavy atom. The quantitative estimate of drug-likeness (QED) is 0.555. The van der Waals surface area contributed by atoms with Crippen molar-refractivity contribution in [3.8, 4) is 5.75 Å². The third kappa shape index (κ3) is 6.00. The van der Waals surface area contributed by atoms with Gasteiger partial charge in [-0.05, 0) is 46.0 Å². The van der Waals surface area contributed by atoms with Crippen LogP contribution < -0.4 is 20.3 Å². The molecule has 0 bridgehead atoms. The molecule has 29 heavy (non-hydrogen) atoms. The van der Waals surface area contributed by atoms with E-state index in [1.807, 2.05) is 12.1 Å². The number of piperidine rings is 1. The molecule has 3 rings (SSSR count). The number of hydrogen-bond acceptors (Lipinski definition) is 5. The molecular formula is C22H38N6O. The number of aliphatic imine (C=N–C) groups is 1. The Bertz CT molecular complexity index is 666. The Hall–Kier alpha value is -1.99. The second-order valence-corrected chi connectivity index (χ2v) is 8.22. The fourth-order valence-corrected chi connectivity index (χ4v) is 4.21. The third-order valence-electron chi connectivity index (χ3n) is 5.97. The van der Waals surface area contributed by atoms with Crippen molar-refractivity contribution in [3.05, 3.63) is 24.3 Å². The highest BCUT2D eigenvalue weighted by Gasteiger charge is 2.24. The molecule has 2 aliphatic rings. The summed E-state index contributed by atoms with van der Waals surface area (Å²) in [6.07, 6.45) is 2.31. The van der Waals surface area contributed by atoms with E-state index in [-0.39, 0.29) is 0 Å². The zero-order chi connectivity index (χ0) is 20.6. The number of benzene rings is 1. The lowest BCUT2D eigenvalue weighted by Crippen LogP contribution is -2.53. The number of para-hydroxylation sites is 2. The van der Waals surface area contributed by atoms with Gasteiger partial charge in [-0.3, -0.25) is 9.89 Å². The maximum absolute atomic E-state index is 5.57. The summed E-state index contributed by atoms with van der Waals surface area (Å²) in [5, 5.41) is 7.12. The Balaban J connectivity index is 1.62. The van der Waals surface area contributed by atoms with Crippen LogP contribution in [-0.4, -0.2) is 94.9 Å². The summed E-state index contributed by atoms with van der Waals surface area (Å²) in [6.45, 7) is 9.15. The molecule has 1 aromatic rings. The van der Waals surface area contributed by atoms with Crippen LogP contribution in [0.1, 0.15) is 19.8 Å².